The lowest BCUT2D eigenvalue weighted by Crippen LogP contribution is -2.62. The third kappa shape index (κ3) is 32.8. The summed E-state index contributed by atoms with van der Waals surface area (Å²) in [6.45, 7) is 7.71. The molecule has 44 nitrogen and oxygen atoms in total. The van der Waals surface area contributed by atoms with Gasteiger partial charge in [0.2, 0.25) is 88.6 Å². The summed E-state index contributed by atoms with van der Waals surface area (Å²) >= 11 is 0.821. The summed E-state index contributed by atoms with van der Waals surface area (Å²) in [4.78, 5) is 277. The van der Waals surface area contributed by atoms with Crippen LogP contribution in [-0.4, -0.2) is 287 Å². The number of carboxylic acid groups (broad SMARTS) is 3. The second-order valence-corrected chi connectivity index (χ2v) is 40.3. The fourth-order valence-corrected chi connectivity index (χ4v) is 19.5. The Morgan fingerprint density at radius 3 is 1.56 bits per heavy atom. The van der Waals surface area contributed by atoms with Gasteiger partial charge in [0.25, 0.3) is 5.91 Å². The molecule has 4 fully saturated rings. The summed E-state index contributed by atoms with van der Waals surface area (Å²) in [5.74, 6) is -21.8. The molecule has 0 bridgehead atoms. The van der Waals surface area contributed by atoms with Crippen molar-refractivity contribution in [3.63, 3.8) is 0 Å². The molecule has 3 saturated heterocycles. The number of amides is 16. The number of anilines is 1. The van der Waals surface area contributed by atoms with Crippen LogP contribution < -0.4 is 80.6 Å². The molecule has 4 aliphatic rings. The fraction of sp³-hybridized carbons (Fsp3) is 0.457. The first kappa shape index (κ1) is 114. The van der Waals surface area contributed by atoms with E-state index in [2.05, 4.69) is 74.2 Å². The predicted molar refractivity (Wildman–Crippen MR) is 553 cm³/mol. The van der Waals surface area contributed by atoms with Gasteiger partial charge in [-0.25, -0.2) is 4.79 Å². The van der Waals surface area contributed by atoms with Crippen LogP contribution in [-0.2, 0) is 107 Å². The van der Waals surface area contributed by atoms with Gasteiger partial charge in [0.15, 0.2) is 11.7 Å². The van der Waals surface area contributed by atoms with Crippen LogP contribution in [0.15, 0.2) is 146 Å². The summed E-state index contributed by atoms with van der Waals surface area (Å²) in [6.07, 6.45) is 1.84. The molecule has 0 spiro atoms. The van der Waals surface area contributed by atoms with Crippen LogP contribution in [0.4, 0.5) is 5.69 Å². The van der Waals surface area contributed by atoms with Gasteiger partial charge in [-0.1, -0.05) is 177 Å². The smallest absolute Gasteiger partial charge is 0.335 e. The molecule has 802 valence electrons. The molecule has 1 saturated carbocycles. The van der Waals surface area contributed by atoms with Gasteiger partial charge in [0.05, 0.1) is 36.3 Å². The highest BCUT2D eigenvalue weighted by Gasteiger charge is 2.45. The topological polar surface area (TPSA) is 665 Å². The number of hydrogen-bond donors (Lipinski definition) is 20. The summed E-state index contributed by atoms with van der Waals surface area (Å²) < 4.78 is 1.21. The quantitative estimate of drug-likeness (QED) is 0.0190. The number of benzene rings is 6. The van der Waals surface area contributed by atoms with Crippen LogP contribution in [0.25, 0.3) is 33.2 Å². The molecule has 150 heavy (non-hydrogen) atoms. The second kappa shape index (κ2) is 54.2. The average Bonchev–Trinajstić information content (AvgIpc) is 1.64. The Bertz CT molecular complexity index is 6080. The third-order valence-electron chi connectivity index (χ3n) is 26.6. The van der Waals surface area contributed by atoms with Crippen molar-refractivity contribution in [3.8, 4) is 28.0 Å². The van der Waals surface area contributed by atoms with E-state index in [1.165, 1.54) is 53.0 Å². The third-order valence-corrected chi connectivity index (χ3v) is 27.6. The Labute approximate surface area is 870 Å². The zero-order valence-electron chi connectivity index (χ0n) is 84.6. The SMILES string of the molecule is CC(C)C[C@@H]1NC(=O)[C@H](Cc2ccc(O)cc2)NC(=O)[C@H](C(C)C)NC(=O)[C@@H]2CCCN2C(=O)[C@H](C(C)C)NC(=O)[C@@H](CCCNC(=N)N)NC(=O)[C@H](CC(=O)O)NC(=O)[C@@H]2CCCN2C(=O)CN(C)C(=O)[C@H](Cc2ccc(-c3ccc(NC(=O)c4nn(CC(=O)O)c5ccccc45)cc3)cc2)NC(=O)[C@H](Cc2ccc(-c3ccc(C(=O)O)cc3)cc2)NC(=O)[C@H](CC2CCCCC2)NC(=O)CSC[C@@H](C(=O)NCC(N)=O)NC1=O. The first-order chi connectivity index (χ1) is 71.4. The minimum atomic E-state index is -1.96. The largest absolute Gasteiger partial charge is 0.508 e. The predicted octanol–water partition coefficient (Wildman–Crippen LogP) is 2.84. The number of guanidine groups is 1. The van der Waals surface area contributed by atoms with E-state index >= 15 is 28.8 Å². The van der Waals surface area contributed by atoms with E-state index in [-0.39, 0.29) is 119 Å². The number of likely N-dealkylation sites (N-methyl/N-ethyl adjacent to an activating group) is 1. The van der Waals surface area contributed by atoms with Crippen LogP contribution in [0.1, 0.15) is 169 Å². The number of hydrogen-bond acceptors (Lipinski definition) is 23. The number of para-hydroxylation sites is 1. The maximum atomic E-state index is 15.9. The van der Waals surface area contributed by atoms with Crippen molar-refractivity contribution in [2.45, 2.75) is 230 Å². The molecule has 7 aromatic rings. The van der Waals surface area contributed by atoms with Gasteiger partial charge >= 0.3 is 17.9 Å². The Morgan fingerprint density at radius 2 is 0.993 bits per heavy atom. The van der Waals surface area contributed by atoms with Crippen molar-refractivity contribution >= 4 is 147 Å². The lowest BCUT2D eigenvalue weighted by molar-refractivity contribution is -0.145. The number of nitrogens with one attached hydrogen (secondary N) is 14. The number of aromatic hydroxyl groups is 1. The number of fused-ring (bicyclic) bond motifs is 3. The van der Waals surface area contributed by atoms with E-state index in [0.717, 1.165) is 40.8 Å². The highest BCUT2D eigenvalue weighted by molar-refractivity contribution is 8.00. The Balaban J connectivity index is 0.951. The molecular formula is C105H133N21O23S. The molecule has 0 unspecified atom stereocenters. The molecule has 22 N–H and O–H groups in total. The molecular weight excluding hydrogens is 1960 g/mol. The number of phenolic OH excluding ortho intramolecular Hbond substituents is 1. The van der Waals surface area contributed by atoms with Gasteiger partial charge < -0.3 is 116 Å². The molecule has 1 aliphatic carbocycles. The monoisotopic (exact) mass is 2090 g/mol. The number of carbonyl (C=O) groups is 19. The Morgan fingerprint density at radius 1 is 0.500 bits per heavy atom. The minimum absolute atomic E-state index is 0.00274. The molecule has 16 amide bonds. The molecule has 11 rings (SSSR count). The van der Waals surface area contributed by atoms with Crippen LogP contribution in [0.3, 0.4) is 0 Å². The number of aromatic carboxylic acids is 1. The van der Waals surface area contributed by atoms with Gasteiger partial charge in [0, 0.05) is 62.8 Å². The number of primary amides is 1. The standard InChI is InChI=1S/C105H133N21O23S/c1-57(2)46-73-93(137)119-79(91(135)110-52-83(106)128)55-150-56-84(129)112-74(47-60-16-9-8-10-17-60)94(138)115-75(48-61-23-29-64(30-24-61)66-33-35-68(36-34-66)104(148)149)96(140)118-78(50-62-25-31-65(32-26-62)67-37-39-69(40-38-67)111-101(145)90-71-18-11-12-20-80(71)126(122-90)54-87(133)134)102(146)123(7)53-85(130)124-44-14-21-81(124)98(142)116-77(51-86(131)132)97(141)113-72(19-13-43-109-105(107)108)92(136)121-89(59(5)6)103(147)125-45-15-22-82(125)99(143)120-88(58(3)4)100(144)117-76(95(139)114-73)49-63-27-41-70(127)42-28-63/h11-12,18,20,23-42,57-60,72-79,81-82,88-89,127H,8-10,13-17,19,21-22,43-56H2,1-7H3,(H2,106,128)(H,110,135)(H,111,145)(H,112,129)(H,113,141)(H,114,139)(H,115,138)(H,116,142)(H,117,144)(H,118,140)(H,119,137)(H,120,143)(H,121,136)(H,131,132)(H,133,134)(H,148,149)(H4,107,108,109)/t72-,73+,74+,75+,76+,77+,78+,79+,81+,82+,88+,89+/m1/s1. The zero-order chi connectivity index (χ0) is 109. The molecule has 4 heterocycles. The van der Waals surface area contributed by atoms with Crippen molar-refractivity contribution in [2.24, 2.45) is 35.1 Å². The molecule has 6 aromatic carbocycles. The highest BCUT2D eigenvalue weighted by atomic mass is 32.2. The molecule has 12 atom stereocenters. The van der Waals surface area contributed by atoms with Crippen LogP contribution in [0.5, 0.6) is 5.75 Å². The number of nitrogens with zero attached hydrogens (tertiary/aromatic N) is 5. The molecule has 1 aromatic heterocycles. The molecule has 45 heteroatoms. The normalized spacial score (nSPS) is 22.2. The maximum Gasteiger partial charge on any atom is 0.335 e. The fourth-order valence-electron chi connectivity index (χ4n) is 18.7. The van der Waals surface area contributed by atoms with E-state index in [1.807, 2.05) is 0 Å². The number of thioether (sulfide) groups is 1. The van der Waals surface area contributed by atoms with E-state index in [1.54, 1.807) is 151 Å². The first-order valence-electron chi connectivity index (χ1n) is 50.1. The summed E-state index contributed by atoms with van der Waals surface area (Å²) in [6, 6.07) is 20.2. The van der Waals surface area contributed by atoms with Crippen LogP contribution >= 0.6 is 11.8 Å². The van der Waals surface area contributed by atoms with Gasteiger partial charge in [-0.15, -0.1) is 11.8 Å². The van der Waals surface area contributed by atoms with Crippen molar-refractivity contribution in [2.75, 3.05) is 56.6 Å². The summed E-state index contributed by atoms with van der Waals surface area (Å²) in [5, 5.41) is 87.6. The number of rotatable bonds is 28. The Kier molecular flexibility index (Phi) is 41.3. The minimum Gasteiger partial charge on any atom is -0.508 e. The number of aliphatic carboxylic acids is 2. The number of aromatic nitrogens is 2. The maximum absolute atomic E-state index is 15.9. The van der Waals surface area contributed by atoms with Crippen molar-refractivity contribution < 1.29 is 112 Å². The number of nitrogens with two attached hydrogens (primary N) is 2. The molecule has 3 aliphatic heterocycles. The number of carboxylic acids is 3. The van der Waals surface area contributed by atoms with Gasteiger partial charge in [0.1, 0.15) is 84.8 Å². The first-order valence-corrected chi connectivity index (χ1v) is 51.3. The zero-order valence-corrected chi connectivity index (χ0v) is 85.4. The summed E-state index contributed by atoms with van der Waals surface area (Å²) in [5.41, 5.74) is 15.7. The van der Waals surface area contributed by atoms with Gasteiger partial charge in [-0.2, -0.15) is 5.10 Å². The van der Waals surface area contributed by atoms with Crippen molar-refractivity contribution in [3.05, 3.63) is 174 Å². The average molecular weight is 2090 g/mol. The highest BCUT2D eigenvalue weighted by Crippen LogP contribution is 2.32. The van der Waals surface area contributed by atoms with Crippen LogP contribution in [0.2, 0.25) is 0 Å². The lowest BCUT2D eigenvalue weighted by atomic mass is 9.84. The van der Waals surface area contributed by atoms with Gasteiger partial charge in [-0.05, 0) is 156 Å². The van der Waals surface area contributed by atoms with E-state index < -0.39 is 240 Å². The number of carbonyl (C=O) groups excluding carboxylic acids is 16. The number of phenols is 1. The second-order valence-electron chi connectivity index (χ2n) is 39.3. The van der Waals surface area contributed by atoms with Crippen molar-refractivity contribution in [1.82, 2.24) is 88.3 Å². The van der Waals surface area contributed by atoms with E-state index in [0.29, 0.717) is 68.4 Å². The van der Waals surface area contributed by atoms with Gasteiger partial charge in [-0.3, -0.25) is 96.4 Å². The lowest BCUT2D eigenvalue weighted by Gasteiger charge is -2.33. The summed E-state index contributed by atoms with van der Waals surface area (Å²) in [7, 11) is 1.27. The molecule has 0 radical (unpaired) electrons. The van der Waals surface area contributed by atoms with Crippen molar-refractivity contribution in [1.29, 1.82) is 5.41 Å². The Hall–Kier alpha value is -15.9. The van der Waals surface area contributed by atoms with E-state index in [9.17, 15) is 82.8 Å². The van der Waals surface area contributed by atoms with Crippen LogP contribution in [0, 0.1) is 29.1 Å². The van der Waals surface area contributed by atoms with E-state index in [4.69, 9.17) is 16.9 Å².